The Morgan fingerprint density at radius 2 is 1.72 bits per heavy atom. The number of sulfone groups is 1. The lowest BCUT2D eigenvalue weighted by molar-refractivity contribution is 0.102. The minimum Gasteiger partial charge on any atom is -0.345 e. The van der Waals surface area contributed by atoms with Gasteiger partial charge in [-0.05, 0) is 44.9 Å². The molecule has 1 aromatic carbocycles. The summed E-state index contributed by atoms with van der Waals surface area (Å²) in [5.41, 5.74) is 2.49. The van der Waals surface area contributed by atoms with Gasteiger partial charge >= 0.3 is 0 Å². The summed E-state index contributed by atoms with van der Waals surface area (Å²) in [6.45, 7) is 3.94. The van der Waals surface area contributed by atoms with Gasteiger partial charge in [0, 0.05) is 23.0 Å². The first-order chi connectivity index (χ1) is 11.9. The average molecular weight is 359 g/mol. The van der Waals surface area contributed by atoms with Crippen LogP contribution in [-0.4, -0.2) is 24.5 Å². The quantitative estimate of drug-likeness (QED) is 0.749. The molecule has 0 spiro atoms. The molecule has 2 aromatic rings. The molecule has 1 heterocycles. The molecule has 3 rings (SSSR count). The van der Waals surface area contributed by atoms with E-state index in [2.05, 4.69) is 4.57 Å². The van der Waals surface area contributed by atoms with E-state index in [1.54, 1.807) is 18.2 Å². The molecule has 1 aliphatic rings. The highest BCUT2D eigenvalue weighted by Crippen LogP contribution is 2.32. The summed E-state index contributed by atoms with van der Waals surface area (Å²) in [5, 5.41) is 0. The molecule has 0 amide bonds. The van der Waals surface area contributed by atoms with Gasteiger partial charge in [0.1, 0.15) is 5.75 Å². The van der Waals surface area contributed by atoms with E-state index in [0.29, 0.717) is 11.6 Å². The first-order valence-corrected chi connectivity index (χ1v) is 10.5. The lowest BCUT2D eigenvalue weighted by Crippen LogP contribution is -2.18. The number of carbonyl (C=O) groups excluding carboxylic acids is 1. The van der Waals surface area contributed by atoms with E-state index >= 15 is 0 Å². The zero-order valence-electron chi connectivity index (χ0n) is 14.9. The van der Waals surface area contributed by atoms with Gasteiger partial charge in [0.15, 0.2) is 15.6 Å². The summed E-state index contributed by atoms with van der Waals surface area (Å²) in [4.78, 5) is 12.9. The Morgan fingerprint density at radius 1 is 1.08 bits per heavy atom. The van der Waals surface area contributed by atoms with E-state index in [0.717, 1.165) is 24.2 Å². The first-order valence-electron chi connectivity index (χ1n) is 8.89. The average Bonchev–Trinajstić information content (AvgIpc) is 2.91. The molecule has 0 aliphatic heterocycles. The number of benzene rings is 1. The maximum atomic E-state index is 12.7. The standard InChI is InChI=1S/C20H25NO3S/c1-15-13-19(16(2)21(15)17-9-5-3-6-10-17)20(22)14-25(23,24)18-11-7-4-8-12-18/h4,7-8,11-13,17H,3,5-6,9-10,14H2,1-2H3. The topological polar surface area (TPSA) is 56.1 Å². The summed E-state index contributed by atoms with van der Waals surface area (Å²) >= 11 is 0. The molecule has 0 unspecified atom stereocenters. The number of ketones is 1. The van der Waals surface area contributed by atoms with Crippen LogP contribution in [0.1, 0.15) is 59.9 Å². The highest BCUT2D eigenvalue weighted by atomic mass is 32.2. The number of hydrogen-bond donors (Lipinski definition) is 0. The molecule has 1 saturated carbocycles. The monoisotopic (exact) mass is 359 g/mol. The van der Waals surface area contributed by atoms with Crippen LogP contribution in [0.15, 0.2) is 41.3 Å². The van der Waals surface area contributed by atoms with E-state index in [9.17, 15) is 13.2 Å². The highest BCUT2D eigenvalue weighted by molar-refractivity contribution is 7.92. The van der Waals surface area contributed by atoms with E-state index in [-0.39, 0.29) is 10.7 Å². The molecule has 5 heteroatoms. The van der Waals surface area contributed by atoms with Crippen molar-refractivity contribution in [3.8, 4) is 0 Å². The zero-order chi connectivity index (χ0) is 18.0. The maximum absolute atomic E-state index is 12.7. The number of carbonyl (C=O) groups is 1. The third-order valence-corrected chi connectivity index (χ3v) is 6.78. The second-order valence-electron chi connectivity index (χ2n) is 6.94. The number of aryl methyl sites for hydroxylation is 1. The van der Waals surface area contributed by atoms with Crippen molar-refractivity contribution < 1.29 is 13.2 Å². The van der Waals surface area contributed by atoms with E-state index in [4.69, 9.17) is 0 Å². The van der Waals surface area contributed by atoms with Crippen LogP contribution >= 0.6 is 0 Å². The molecule has 1 aromatic heterocycles. The van der Waals surface area contributed by atoms with Crippen molar-refractivity contribution in [3.63, 3.8) is 0 Å². The van der Waals surface area contributed by atoms with E-state index < -0.39 is 15.6 Å². The van der Waals surface area contributed by atoms with Gasteiger partial charge in [-0.3, -0.25) is 4.79 Å². The molecule has 1 fully saturated rings. The molecule has 0 N–H and O–H groups in total. The van der Waals surface area contributed by atoms with Gasteiger partial charge in [-0.15, -0.1) is 0 Å². The van der Waals surface area contributed by atoms with Crippen LogP contribution in [-0.2, 0) is 9.84 Å². The maximum Gasteiger partial charge on any atom is 0.185 e. The number of Topliss-reactive ketones (excluding diaryl/α,β-unsaturated/α-hetero) is 1. The van der Waals surface area contributed by atoms with Gasteiger partial charge in [-0.1, -0.05) is 37.5 Å². The molecule has 1 aliphatic carbocycles. The summed E-state index contributed by atoms with van der Waals surface area (Å²) < 4.78 is 27.2. The van der Waals surface area contributed by atoms with Crippen LogP contribution in [0.2, 0.25) is 0 Å². The molecule has 0 radical (unpaired) electrons. The van der Waals surface area contributed by atoms with Crippen molar-refractivity contribution >= 4 is 15.6 Å². The van der Waals surface area contributed by atoms with Crippen molar-refractivity contribution in [2.75, 3.05) is 5.75 Å². The molecule has 0 atom stereocenters. The Bertz CT molecular complexity index is 860. The summed E-state index contributed by atoms with van der Waals surface area (Å²) in [6.07, 6.45) is 5.97. The van der Waals surface area contributed by atoms with Crippen LogP contribution in [0.25, 0.3) is 0 Å². The Labute approximate surface area is 149 Å². The van der Waals surface area contributed by atoms with Gasteiger partial charge in [-0.2, -0.15) is 0 Å². The van der Waals surface area contributed by atoms with Crippen LogP contribution < -0.4 is 0 Å². The van der Waals surface area contributed by atoms with Crippen molar-refractivity contribution in [3.05, 3.63) is 53.3 Å². The number of rotatable bonds is 5. The van der Waals surface area contributed by atoms with Gasteiger partial charge in [0.05, 0.1) is 4.90 Å². The highest BCUT2D eigenvalue weighted by Gasteiger charge is 2.26. The predicted octanol–water partition coefficient (Wildman–Crippen LogP) is 4.27. The van der Waals surface area contributed by atoms with Crippen LogP contribution in [0.3, 0.4) is 0 Å². The number of aromatic nitrogens is 1. The molecule has 0 bridgehead atoms. The molecular weight excluding hydrogens is 334 g/mol. The minimum atomic E-state index is -3.61. The van der Waals surface area contributed by atoms with Gasteiger partial charge in [0.25, 0.3) is 0 Å². The predicted molar refractivity (Wildman–Crippen MR) is 98.9 cm³/mol. The van der Waals surface area contributed by atoms with Gasteiger partial charge in [0.2, 0.25) is 0 Å². The van der Waals surface area contributed by atoms with Crippen molar-refractivity contribution in [1.82, 2.24) is 4.57 Å². The molecular formula is C20H25NO3S. The Balaban J connectivity index is 1.86. The summed E-state index contributed by atoms with van der Waals surface area (Å²) in [7, 11) is -3.61. The fourth-order valence-corrected chi connectivity index (χ4v) is 5.16. The lowest BCUT2D eigenvalue weighted by atomic mass is 9.95. The summed E-state index contributed by atoms with van der Waals surface area (Å²) in [6, 6.07) is 10.5. The smallest absolute Gasteiger partial charge is 0.185 e. The normalized spacial score (nSPS) is 16.1. The molecule has 25 heavy (non-hydrogen) atoms. The first kappa shape index (κ1) is 17.9. The fourth-order valence-electron chi connectivity index (χ4n) is 3.92. The Kier molecular flexibility index (Phi) is 5.13. The third-order valence-electron chi connectivity index (χ3n) is 5.15. The van der Waals surface area contributed by atoms with E-state index in [1.807, 2.05) is 19.9 Å². The van der Waals surface area contributed by atoms with Crippen molar-refractivity contribution in [2.24, 2.45) is 0 Å². The second-order valence-corrected chi connectivity index (χ2v) is 8.93. The van der Waals surface area contributed by atoms with Crippen molar-refractivity contribution in [1.29, 1.82) is 0 Å². The van der Waals surface area contributed by atoms with E-state index in [1.165, 1.54) is 31.4 Å². The lowest BCUT2D eigenvalue weighted by Gasteiger charge is -2.26. The van der Waals surface area contributed by atoms with Crippen LogP contribution in [0.5, 0.6) is 0 Å². The minimum absolute atomic E-state index is 0.199. The SMILES string of the molecule is Cc1cc(C(=O)CS(=O)(=O)c2ccccc2)c(C)n1C1CCCCC1. The van der Waals surface area contributed by atoms with Crippen molar-refractivity contribution in [2.45, 2.75) is 56.9 Å². The zero-order valence-corrected chi connectivity index (χ0v) is 15.7. The fraction of sp³-hybridized carbons (Fsp3) is 0.450. The largest absolute Gasteiger partial charge is 0.345 e. The second kappa shape index (κ2) is 7.16. The third kappa shape index (κ3) is 3.71. The number of hydrogen-bond acceptors (Lipinski definition) is 3. The van der Waals surface area contributed by atoms with Gasteiger partial charge < -0.3 is 4.57 Å². The van der Waals surface area contributed by atoms with Crippen LogP contribution in [0, 0.1) is 13.8 Å². The Morgan fingerprint density at radius 3 is 2.36 bits per heavy atom. The summed E-state index contributed by atoms with van der Waals surface area (Å²) in [5.74, 6) is -0.801. The Hall–Kier alpha value is -1.88. The van der Waals surface area contributed by atoms with Crippen LogP contribution in [0.4, 0.5) is 0 Å². The van der Waals surface area contributed by atoms with Gasteiger partial charge in [-0.25, -0.2) is 8.42 Å². The molecule has 4 nitrogen and oxygen atoms in total. The molecule has 134 valence electrons. The molecule has 0 saturated heterocycles. The number of nitrogens with zero attached hydrogens (tertiary/aromatic N) is 1.